The van der Waals surface area contributed by atoms with Crippen LogP contribution in [0.2, 0.25) is 19.6 Å². The number of hydrogen-bond acceptors (Lipinski definition) is 0. The minimum Gasteiger partial charge on any atom is -0.0928 e. The minimum atomic E-state index is -0.839. The molecule has 0 unspecified atom stereocenters. The first-order valence-electron chi connectivity index (χ1n) is 6.89. The zero-order valence-electron chi connectivity index (χ0n) is 11.4. The molecule has 0 amide bonds. The van der Waals surface area contributed by atoms with Crippen LogP contribution in [0.15, 0.2) is 0 Å². The van der Waals surface area contributed by atoms with E-state index in [1.54, 1.807) is 37.1 Å². The van der Waals surface area contributed by atoms with Crippen molar-refractivity contribution in [3.63, 3.8) is 0 Å². The molecule has 0 aliphatic carbocycles. The van der Waals surface area contributed by atoms with Gasteiger partial charge in [-0.05, 0) is 32.1 Å². The number of unbranched alkanes of at least 4 members (excludes halogenated alkanes) is 1. The van der Waals surface area contributed by atoms with Crippen LogP contribution < -0.4 is 0 Å². The van der Waals surface area contributed by atoms with Gasteiger partial charge in [-0.15, -0.1) is 0 Å². The van der Waals surface area contributed by atoms with Crippen LogP contribution in [0, 0.1) is 0 Å². The fourth-order valence-corrected chi connectivity index (χ4v) is 16.9. The van der Waals surface area contributed by atoms with Gasteiger partial charge in [0, 0.05) is 18.4 Å². The van der Waals surface area contributed by atoms with Gasteiger partial charge in [0.2, 0.25) is 0 Å². The molecule has 3 heteroatoms. The van der Waals surface area contributed by atoms with Gasteiger partial charge in [-0.1, -0.05) is 35.6 Å². The van der Waals surface area contributed by atoms with Crippen LogP contribution in [0.4, 0.5) is 0 Å². The number of alkyl halides is 1. The summed E-state index contributed by atoms with van der Waals surface area (Å²) in [6, 6.07) is 0. The Morgan fingerprint density at radius 1 is 1.00 bits per heavy atom. The molecule has 0 aromatic carbocycles. The lowest BCUT2D eigenvalue weighted by molar-refractivity contribution is 0.738. The molecule has 0 bridgehead atoms. The van der Waals surface area contributed by atoms with Crippen molar-refractivity contribution in [1.82, 2.24) is 0 Å². The molecule has 0 saturated carbocycles. The summed E-state index contributed by atoms with van der Waals surface area (Å²) in [6.07, 6.45) is 12.4. The van der Waals surface area contributed by atoms with Crippen LogP contribution in [-0.2, 0) is 0 Å². The molecule has 96 valence electrons. The lowest BCUT2D eigenvalue weighted by Gasteiger charge is -2.35. The molecule has 0 aromatic rings. The Labute approximate surface area is 112 Å². The fraction of sp³-hybridized carbons (Fsp3) is 1.00. The van der Waals surface area contributed by atoms with E-state index in [4.69, 9.17) is 0 Å². The second kappa shape index (κ2) is 6.90. The van der Waals surface area contributed by atoms with Crippen molar-refractivity contribution in [2.24, 2.45) is 0 Å². The molecule has 1 saturated heterocycles. The Bertz CT molecular complexity index is 195. The monoisotopic (exact) mass is 323 g/mol. The lowest BCUT2D eigenvalue weighted by atomic mass is 10.3. The maximum atomic E-state index is 3.57. The van der Waals surface area contributed by atoms with Crippen molar-refractivity contribution in [2.45, 2.75) is 51.7 Å². The van der Waals surface area contributed by atoms with Crippen LogP contribution in [0.3, 0.4) is 0 Å². The van der Waals surface area contributed by atoms with E-state index in [9.17, 15) is 0 Å². The summed E-state index contributed by atoms with van der Waals surface area (Å²) >= 11 is 3.57. The number of halogens is 1. The summed E-state index contributed by atoms with van der Waals surface area (Å²) < 4.78 is 0. The molecule has 1 aliphatic rings. The molecular weight excluding hydrogens is 295 g/mol. The number of hydrogen-bond donors (Lipinski definition) is 0. The zero-order valence-corrected chi connectivity index (χ0v) is 14.9. The highest BCUT2D eigenvalue weighted by atomic mass is 79.9. The summed E-state index contributed by atoms with van der Waals surface area (Å²) in [5.41, 5.74) is 0. The molecular formula is C13H29BrPSi+. The van der Waals surface area contributed by atoms with Crippen LogP contribution in [0.1, 0.15) is 32.1 Å². The second-order valence-corrected chi connectivity index (χ2v) is 17.9. The third-order valence-corrected chi connectivity index (χ3v) is 14.4. The van der Waals surface area contributed by atoms with Crippen molar-refractivity contribution in [1.29, 1.82) is 0 Å². The molecule has 1 rings (SSSR count). The van der Waals surface area contributed by atoms with Crippen molar-refractivity contribution in [2.75, 3.05) is 29.6 Å². The van der Waals surface area contributed by atoms with E-state index in [0.29, 0.717) is 0 Å². The summed E-state index contributed by atoms with van der Waals surface area (Å²) in [5, 5.41) is 1.21. The van der Waals surface area contributed by atoms with Crippen LogP contribution in [0.5, 0.6) is 0 Å². The van der Waals surface area contributed by atoms with Gasteiger partial charge in [-0.25, -0.2) is 0 Å². The SMILES string of the molecule is C[Si](C)(C)C[P+]1(CCCCBr)CCCCC1. The smallest absolute Gasteiger partial charge is 0.0888 e. The van der Waals surface area contributed by atoms with E-state index in [1.807, 2.05) is 0 Å². The van der Waals surface area contributed by atoms with Crippen LogP contribution >= 0.6 is 23.2 Å². The van der Waals surface area contributed by atoms with Gasteiger partial charge in [-0.2, -0.15) is 0 Å². The molecule has 0 nitrogen and oxygen atoms in total. The summed E-state index contributed by atoms with van der Waals surface area (Å²) in [5.74, 6) is 1.68. The third kappa shape index (κ3) is 5.64. The average Bonchev–Trinajstić information content (AvgIpc) is 2.16. The van der Waals surface area contributed by atoms with Gasteiger partial charge in [0.05, 0.1) is 26.6 Å². The van der Waals surface area contributed by atoms with Gasteiger partial charge in [0.1, 0.15) is 0 Å². The second-order valence-electron chi connectivity index (χ2n) is 6.69. The Kier molecular flexibility index (Phi) is 6.55. The van der Waals surface area contributed by atoms with E-state index in [1.165, 1.54) is 24.6 Å². The standard InChI is InChI=1S/C13H29BrPSi/c1-16(2,3)13-15(12-8-5-9-14)10-6-4-7-11-15/h4-13H2,1-3H3/q+1. The highest BCUT2D eigenvalue weighted by Crippen LogP contribution is 2.63. The average molecular weight is 324 g/mol. The van der Waals surface area contributed by atoms with Crippen molar-refractivity contribution < 1.29 is 0 Å². The topological polar surface area (TPSA) is 0 Å². The molecule has 1 fully saturated rings. The molecule has 0 atom stereocenters. The van der Waals surface area contributed by atoms with Crippen molar-refractivity contribution >= 4 is 31.3 Å². The van der Waals surface area contributed by atoms with Crippen LogP contribution in [-0.4, -0.2) is 37.7 Å². The highest BCUT2D eigenvalue weighted by Gasteiger charge is 2.41. The Morgan fingerprint density at radius 2 is 1.62 bits per heavy atom. The lowest BCUT2D eigenvalue weighted by Crippen LogP contribution is -2.32. The van der Waals surface area contributed by atoms with Gasteiger partial charge >= 0.3 is 0 Å². The van der Waals surface area contributed by atoms with Crippen molar-refractivity contribution in [3.05, 3.63) is 0 Å². The third-order valence-electron chi connectivity index (χ3n) is 3.59. The van der Waals surface area contributed by atoms with Gasteiger partial charge in [-0.3, -0.25) is 0 Å². The largest absolute Gasteiger partial charge is 0.0928 e. The maximum Gasteiger partial charge on any atom is 0.0888 e. The van der Waals surface area contributed by atoms with E-state index in [0.717, 1.165) is 0 Å². The Hall–Kier alpha value is 1.13. The first kappa shape index (κ1) is 15.2. The normalized spacial score (nSPS) is 21.0. The predicted octanol–water partition coefficient (Wildman–Crippen LogP) is 5.24. The summed E-state index contributed by atoms with van der Waals surface area (Å²) in [7, 11) is -1.34. The first-order chi connectivity index (χ1) is 7.47. The molecule has 1 heterocycles. The molecule has 0 N–H and O–H groups in total. The summed E-state index contributed by atoms with van der Waals surface area (Å²) in [4.78, 5) is 0. The minimum absolute atomic E-state index is 0.501. The van der Waals surface area contributed by atoms with E-state index in [-0.39, 0.29) is 0 Å². The van der Waals surface area contributed by atoms with E-state index < -0.39 is 15.3 Å². The molecule has 16 heavy (non-hydrogen) atoms. The maximum absolute atomic E-state index is 3.57. The van der Waals surface area contributed by atoms with E-state index >= 15 is 0 Å². The zero-order chi connectivity index (χ0) is 12.1. The fourth-order valence-electron chi connectivity index (χ4n) is 3.19. The van der Waals surface area contributed by atoms with E-state index in [2.05, 4.69) is 35.6 Å². The quantitative estimate of drug-likeness (QED) is 0.271. The van der Waals surface area contributed by atoms with Gasteiger partial charge in [0.15, 0.2) is 0 Å². The van der Waals surface area contributed by atoms with Crippen LogP contribution in [0.25, 0.3) is 0 Å². The molecule has 0 radical (unpaired) electrons. The predicted molar refractivity (Wildman–Crippen MR) is 86.6 cm³/mol. The van der Waals surface area contributed by atoms with Crippen molar-refractivity contribution in [3.8, 4) is 0 Å². The highest BCUT2D eigenvalue weighted by molar-refractivity contribution is 9.09. The first-order valence-corrected chi connectivity index (χ1v) is 14.2. The Morgan fingerprint density at radius 3 is 2.12 bits per heavy atom. The van der Waals surface area contributed by atoms with Gasteiger partial charge < -0.3 is 0 Å². The molecule has 1 aliphatic heterocycles. The molecule has 0 aromatic heterocycles. The summed E-state index contributed by atoms with van der Waals surface area (Å²) in [6.45, 7) is 7.73. The Balaban J connectivity index is 2.53. The number of rotatable bonds is 6. The molecule has 0 spiro atoms. The van der Waals surface area contributed by atoms with Gasteiger partial charge in [0.25, 0.3) is 0 Å².